The van der Waals surface area contributed by atoms with E-state index in [1.54, 1.807) is 118 Å². The summed E-state index contributed by atoms with van der Waals surface area (Å²) < 4.78 is 42.2. The van der Waals surface area contributed by atoms with Crippen LogP contribution in [-0.4, -0.2) is 57.3 Å². The molecule has 0 aromatic heterocycles. The van der Waals surface area contributed by atoms with Crippen molar-refractivity contribution in [3.05, 3.63) is 411 Å². The summed E-state index contributed by atoms with van der Waals surface area (Å²) in [5.74, 6) is 8.87. The van der Waals surface area contributed by atoms with Crippen LogP contribution in [0.3, 0.4) is 0 Å². The Morgan fingerprint density at radius 2 is 0.475 bits per heavy atom. The summed E-state index contributed by atoms with van der Waals surface area (Å²) in [6, 6.07) is 103. The number of aryl methyl sites for hydroxylation is 9. The molecule has 1 fully saturated rings. The highest BCUT2D eigenvalue weighted by Crippen LogP contribution is 2.30. The second-order valence-electron chi connectivity index (χ2n) is 29.3. The second-order valence-corrected chi connectivity index (χ2v) is 29.3. The molecule has 1 aliphatic carbocycles. The van der Waals surface area contributed by atoms with Crippen molar-refractivity contribution in [1.82, 2.24) is 0 Å². The average Bonchev–Trinajstić information content (AvgIpc) is 0.821. The molecule has 0 heterocycles. The van der Waals surface area contributed by atoms with E-state index in [1.165, 1.54) is 38.9 Å². The van der Waals surface area contributed by atoms with Crippen LogP contribution in [0.25, 0.3) is 33.0 Å². The normalized spacial score (nSPS) is 12.2. The van der Waals surface area contributed by atoms with E-state index in [9.17, 15) is 24.0 Å². The summed E-state index contributed by atoms with van der Waals surface area (Å²) in [6.07, 6.45) is 3.94. The quantitative estimate of drug-likeness (QED) is 0.0543. The van der Waals surface area contributed by atoms with Crippen molar-refractivity contribution < 1.29 is 61.9 Å². The Hall–Kier alpha value is -14.2. The largest absolute Gasteiger partial charge is 0.497 e. The zero-order valence-electron chi connectivity index (χ0n) is 70.0. The van der Waals surface area contributed by atoms with E-state index in [4.69, 9.17) is 37.9 Å². The first-order chi connectivity index (χ1) is 58.0. The van der Waals surface area contributed by atoms with Crippen LogP contribution >= 0.6 is 0 Å². The molecular formula is C107H100O13. The molecule has 0 unspecified atom stereocenters. The first-order valence-corrected chi connectivity index (χ1v) is 39.7. The fourth-order valence-electron chi connectivity index (χ4n) is 12.2. The molecule has 0 N–H and O–H groups in total. The van der Waals surface area contributed by atoms with Gasteiger partial charge < -0.3 is 37.9 Å². The van der Waals surface area contributed by atoms with Crippen molar-refractivity contribution in [2.45, 2.75) is 94.1 Å². The van der Waals surface area contributed by atoms with E-state index in [1.807, 2.05) is 180 Å². The van der Waals surface area contributed by atoms with Gasteiger partial charge in [-0.25, -0.2) is 19.2 Å². The van der Waals surface area contributed by atoms with Crippen molar-refractivity contribution in [3.63, 3.8) is 0 Å². The van der Waals surface area contributed by atoms with E-state index in [0.717, 1.165) is 81.0 Å². The van der Waals surface area contributed by atoms with Crippen LogP contribution < -0.4 is 33.2 Å². The summed E-state index contributed by atoms with van der Waals surface area (Å²) in [7, 11) is 4.89. The molecule has 13 heteroatoms. The fourth-order valence-corrected chi connectivity index (χ4v) is 12.2. The lowest BCUT2D eigenvalue weighted by atomic mass is 9.87. The zero-order chi connectivity index (χ0) is 85.3. The number of ether oxygens (including phenoxy) is 8. The SMILES string of the molecule is COC1CCC(C(=O)Oc2ccc(C)cc2)CC1.COc1ccc(C(=O)Oc2ccc(C#Cc3ccc(C)cc3)cc2)cc1.COc1ccc(C(=O)Oc2ccc(C)cc2)cc1.Cc1ccc(-c2ccc(C(=O)Oc3ccc4cc(C)ccc4c3)cc2)cc1.Cc1ccc(-c2ccc(C)cc2)cc1.Cc1ccc(OC(=O)c2ccc(C)cc2)cc1. The van der Waals surface area contributed by atoms with Gasteiger partial charge in [-0.1, -0.05) is 232 Å². The van der Waals surface area contributed by atoms with Crippen LogP contribution in [-0.2, 0) is 9.53 Å². The number of carbonyl (C=O) groups is 5. The predicted octanol–water partition coefficient (Wildman–Crippen LogP) is 24.8. The molecule has 0 spiro atoms. The number of carbonyl (C=O) groups excluding carboxylic acids is 5. The van der Waals surface area contributed by atoms with E-state index in [0.29, 0.717) is 68.6 Å². The molecule has 0 amide bonds. The summed E-state index contributed by atoms with van der Waals surface area (Å²) in [5, 5.41) is 2.19. The summed E-state index contributed by atoms with van der Waals surface area (Å²) in [5.41, 5.74) is 19.5. The average molecular weight is 1590 g/mol. The number of hydrogen-bond acceptors (Lipinski definition) is 13. The van der Waals surface area contributed by atoms with Gasteiger partial charge in [0.25, 0.3) is 0 Å². The molecule has 0 aliphatic heterocycles. The number of methoxy groups -OCH3 is 3. The number of benzene rings is 14. The Morgan fingerprint density at radius 1 is 0.242 bits per heavy atom. The summed E-state index contributed by atoms with van der Waals surface area (Å²) in [6.45, 7) is 18.4. The van der Waals surface area contributed by atoms with Crippen LogP contribution in [0.1, 0.15) is 128 Å². The Bertz CT molecular complexity index is 5650. The van der Waals surface area contributed by atoms with Crippen LogP contribution in [0, 0.1) is 80.1 Å². The molecule has 13 nitrogen and oxygen atoms in total. The van der Waals surface area contributed by atoms with Crippen LogP contribution in [0.2, 0.25) is 0 Å². The van der Waals surface area contributed by atoms with E-state index < -0.39 is 5.97 Å². The van der Waals surface area contributed by atoms with E-state index >= 15 is 0 Å². The Kier molecular flexibility index (Phi) is 32.9. The molecule has 15 rings (SSSR count). The molecule has 14 aromatic carbocycles. The lowest BCUT2D eigenvalue weighted by Crippen LogP contribution is -2.28. The fraction of sp³-hybridized carbons (Fsp3) is 0.168. The number of fused-ring (bicyclic) bond motifs is 1. The summed E-state index contributed by atoms with van der Waals surface area (Å²) in [4.78, 5) is 60.2. The Labute approximate surface area is 705 Å². The molecule has 120 heavy (non-hydrogen) atoms. The standard InChI is InChI=1S/C25H20O2.C23H18O3.C15H20O3.C15H14O3.C15H14O2.C14H14/c1-17-3-6-19(7-4-17)20-9-11-21(12-10-20)25(26)27-24-14-13-22-15-18(2)5-8-23(22)16-24;1-17-3-5-18(6-4-17)7-8-19-9-13-22(14-10-19)26-23(24)20-11-15-21(25-2)16-12-20;2*1-11-3-7-14(8-4-11)18-15(16)12-5-9-13(17-2)10-6-12;1-11-3-7-13(8-4-11)15(16)17-14-9-5-12(2)6-10-14;1-11-3-7-13(8-4-11)14-9-5-12(2)6-10-14/h3-16H,1-2H3;3-6,9-16H,1-2H3;3-4,7-8,12-13H,5-6,9-10H2,1-2H3;3-10H,1-2H3;3-10H,1-2H3;3-10H,1-2H3. The Morgan fingerprint density at radius 3 is 0.817 bits per heavy atom. The lowest BCUT2D eigenvalue weighted by Gasteiger charge is -2.26. The maximum atomic E-state index is 12.5. The van der Waals surface area contributed by atoms with E-state index in [2.05, 4.69) is 124 Å². The van der Waals surface area contributed by atoms with Crippen molar-refractivity contribution in [2.75, 3.05) is 21.3 Å². The smallest absolute Gasteiger partial charge is 0.343 e. The first kappa shape index (κ1) is 88.2. The molecule has 14 aromatic rings. The zero-order valence-corrected chi connectivity index (χ0v) is 70.0. The van der Waals surface area contributed by atoms with Gasteiger partial charge in [0, 0.05) is 18.2 Å². The monoisotopic (exact) mass is 1590 g/mol. The minimum absolute atomic E-state index is 0.0257. The molecule has 0 atom stereocenters. The molecule has 0 saturated heterocycles. The van der Waals surface area contributed by atoms with Gasteiger partial charge in [0.05, 0.1) is 48.5 Å². The van der Waals surface area contributed by atoms with Crippen molar-refractivity contribution in [3.8, 4) is 74.3 Å². The van der Waals surface area contributed by atoms with Gasteiger partial charge in [-0.15, -0.1) is 0 Å². The minimum Gasteiger partial charge on any atom is -0.497 e. The maximum Gasteiger partial charge on any atom is 0.343 e. The molecule has 1 aliphatic rings. The molecular weight excluding hydrogens is 1490 g/mol. The lowest BCUT2D eigenvalue weighted by molar-refractivity contribution is -0.140. The van der Waals surface area contributed by atoms with Crippen LogP contribution in [0.15, 0.2) is 328 Å². The number of esters is 5. The minimum atomic E-state index is -0.411. The number of hydrogen-bond donors (Lipinski definition) is 0. The highest BCUT2D eigenvalue weighted by atomic mass is 16.6. The molecule has 0 radical (unpaired) electrons. The maximum absolute atomic E-state index is 12.5. The van der Waals surface area contributed by atoms with Crippen LogP contribution in [0.5, 0.6) is 40.2 Å². The van der Waals surface area contributed by atoms with Gasteiger partial charge in [0.2, 0.25) is 0 Å². The highest BCUT2D eigenvalue weighted by molar-refractivity contribution is 5.94. The van der Waals surface area contributed by atoms with Gasteiger partial charge in [-0.05, 0) is 279 Å². The third kappa shape index (κ3) is 28.3. The molecule has 1 saturated carbocycles. The predicted molar refractivity (Wildman–Crippen MR) is 479 cm³/mol. The van der Waals surface area contributed by atoms with Gasteiger partial charge in [-0.2, -0.15) is 0 Å². The van der Waals surface area contributed by atoms with E-state index in [-0.39, 0.29) is 29.8 Å². The topological polar surface area (TPSA) is 159 Å². The highest BCUT2D eigenvalue weighted by Gasteiger charge is 2.28. The van der Waals surface area contributed by atoms with Crippen molar-refractivity contribution >= 4 is 40.6 Å². The van der Waals surface area contributed by atoms with Gasteiger partial charge in [-0.3, -0.25) is 4.79 Å². The molecule has 606 valence electrons. The third-order valence-electron chi connectivity index (χ3n) is 19.6. The first-order valence-electron chi connectivity index (χ1n) is 39.7. The Balaban J connectivity index is 0.000000154. The molecule has 0 bridgehead atoms. The van der Waals surface area contributed by atoms with Gasteiger partial charge in [0.15, 0.2) is 0 Å². The third-order valence-corrected chi connectivity index (χ3v) is 19.6. The van der Waals surface area contributed by atoms with Gasteiger partial charge in [0.1, 0.15) is 40.2 Å². The second kappa shape index (κ2) is 44.8. The van der Waals surface area contributed by atoms with Gasteiger partial charge >= 0.3 is 29.8 Å². The van der Waals surface area contributed by atoms with Crippen LogP contribution in [0.4, 0.5) is 0 Å². The van der Waals surface area contributed by atoms with Crippen molar-refractivity contribution in [1.29, 1.82) is 0 Å². The summed E-state index contributed by atoms with van der Waals surface area (Å²) >= 11 is 0. The van der Waals surface area contributed by atoms with Crippen molar-refractivity contribution in [2.24, 2.45) is 5.92 Å². The number of rotatable bonds is 15.